The summed E-state index contributed by atoms with van der Waals surface area (Å²) in [7, 11) is 1.52. The van der Waals surface area contributed by atoms with Crippen LogP contribution in [-0.4, -0.2) is 39.7 Å². The topological polar surface area (TPSA) is 98.1 Å². The fourth-order valence-corrected chi connectivity index (χ4v) is 4.44. The lowest BCUT2D eigenvalue weighted by molar-refractivity contribution is -0.119. The number of aromatic nitrogens is 3. The zero-order valence-electron chi connectivity index (χ0n) is 17.1. The van der Waals surface area contributed by atoms with Crippen LogP contribution in [0.4, 0.5) is 5.82 Å². The largest absolute Gasteiger partial charge is 0.480 e. The highest BCUT2D eigenvalue weighted by molar-refractivity contribution is 9.10. The van der Waals surface area contributed by atoms with Crippen LogP contribution in [0.15, 0.2) is 28.9 Å². The number of carbonyl (C=O) groups excluding carboxylic acids is 2. The minimum Gasteiger partial charge on any atom is -0.480 e. The predicted octanol–water partition coefficient (Wildman–Crippen LogP) is 3.24. The van der Waals surface area contributed by atoms with E-state index in [1.54, 1.807) is 29.1 Å². The molecule has 0 bridgehead atoms. The van der Waals surface area contributed by atoms with Gasteiger partial charge in [0.15, 0.2) is 0 Å². The SMILES string of the molecule is CCn1nccc1C(=O)NC(C(=O)Nc1ccc(Br)c(OC)n1)C(C1CC1)C1CC1. The van der Waals surface area contributed by atoms with Gasteiger partial charge >= 0.3 is 0 Å². The fraction of sp³-hybridized carbons (Fsp3) is 0.524. The van der Waals surface area contributed by atoms with Crippen LogP contribution in [0.2, 0.25) is 0 Å². The van der Waals surface area contributed by atoms with Gasteiger partial charge in [0.1, 0.15) is 17.6 Å². The van der Waals surface area contributed by atoms with Crippen molar-refractivity contribution >= 4 is 33.6 Å². The number of ether oxygens (including phenoxy) is 1. The molecule has 9 heteroatoms. The standard InChI is InChI=1S/C21H26BrN5O3/c1-3-27-15(10-11-23-27)19(28)26-18(17(12-4-5-12)13-6-7-13)20(29)24-16-9-8-14(22)21(25-16)30-2/h8-13,17-18H,3-7H2,1-2H3,(H,26,28)(H,24,25,29). The van der Waals surface area contributed by atoms with E-state index in [4.69, 9.17) is 4.74 Å². The molecule has 0 aromatic carbocycles. The maximum atomic E-state index is 13.3. The molecule has 0 radical (unpaired) electrons. The summed E-state index contributed by atoms with van der Waals surface area (Å²) in [4.78, 5) is 30.6. The summed E-state index contributed by atoms with van der Waals surface area (Å²) in [6.45, 7) is 2.52. The van der Waals surface area contributed by atoms with E-state index in [-0.39, 0.29) is 17.7 Å². The summed E-state index contributed by atoms with van der Waals surface area (Å²) in [5, 5.41) is 10.1. The molecule has 0 spiro atoms. The van der Waals surface area contributed by atoms with Crippen molar-refractivity contribution in [1.82, 2.24) is 20.1 Å². The summed E-state index contributed by atoms with van der Waals surface area (Å²) in [6.07, 6.45) is 6.04. The van der Waals surface area contributed by atoms with Gasteiger partial charge in [0.2, 0.25) is 11.8 Å². The molecule has 2 aromatic rings. The molecule has 1 atom stereocenters. The number of aryl methyl sites for hydroxylation is 1. The smallest absolute Gasteiger partial charge is 0.270 e. The van der Waals surface area contributed by atoms with Crippen LogP contribution >= 0.6 is 15.9 Å². The van der Waals surface area contributed by atoms with Crippen LogP contribution < -0.4 is 15.4 Å². The van der Waals surface area contributed by atoms with Crippen molar-refractivity contribution in [2.24, 2.45) is 17.8 Å². The molecule has 0 saturated heterocycles. The van der Waals surface area contributed by atoms with Gasteiger partial charge in [-0.1, -0.05) is 0 Å². The van der Waals surface area contributed by atoms with Crippen LogP contribution in [-0.2, 0) is 11.3 Å². The van der Waals surface area contributed by atoms with E-state index >= 15 is 0 Å². The van der Waals surface area contributed by atoms with Crippen LogP contribution in [0.3, 0.4) is 0 Å². The number of rotatable bonds is 9. The first-order chi connectivity index (χ1) is 14.5. The average molecular weight is 476 g/mol. The van der Waals surface area contributed by atoms with Gasteiger partial charge in [-0.05, 0) is 84.5 Å². The number of anilines is 1. The van der Waals surface area contributed by atoms with E-state index in [2.05, 4.69) is 36.6 Å². The molecule has 160 valence electrons. The van der Waals surface area contributed by atoms with Crippen LogP contribution in [0.1, 0.15) is 43.1 Å². The number of carbonyl (C=O) groups is 2. The van der Waals surface area contributed by atoms with Gasteiger partial charge < -0.3 is 15.4 Å². The first kappa shape index (κ1) is 20.8. The molecule has 2 N–H and O–H groups in total. The maximum Gasteiger partial charge on any atom is 0.270 e. The van der Waals surface area contributed by atoms with E-state index in [1.165, 1.54) is 7.11 Å². The second-order valence-corrected chi connectivity index (χ2v) is 8.77. The highest BCUT2D eigenvalue weighted by Crippen LogP contribution is 2.50. The zero-order valence-corrected chi connectivity index (χ0v) is 18.7. The molecule has 2 aliphatic carbocycles. The molecule has 2 saturated carbocycles. The Morgan fingerprint density at radius 2 is 1.93 bits per heavy atom. The Bertz CT molecular complexity index is 926. The quantitative estimate of drug-likeness (QED) is 0.579. The minimum absolute atomic E-state index is 0.143. The van der Waals surface area contributed by atoms with Crippen LogP contribution in [0.25, 0.3) is 0 Å². The Kier molecular flexibility index (Phi) is 6.08. The molecule has 2 amide bonds. The number of nitrogens with zero attached hydrogens (tertiary/aromatic N) is 3. The van der Waals surface area contributed by atoms with Gasteiger partial charge in [-0.3, -0.25) is 14.3 Å². The lowest BCUT2D eigenvalue weighted by Gasteiger charge is -2.27. The second kappa shape index (κ2) is 8.75. The summed E-state index contributed by atoms with van der Waals surface area (Å²) in [6, 6.07) is 4.54. The van der Waals surface area contributed by atoms with Gasteiger partial charge in [-0.25, -0.2) is 0 Å². The molecule has 2 fully saturated rings. The van der Waals surface area contributed by atoms with Crippen LogP contribution in [0.5, 0.6) is 5.88 Å². The van der Waals surface area contributed by atoms with Crippen molar-refractivity contribution in [3.05, 3.63) is 34.6 Å². The Morgan fingerprint density at radius 3 is 2.53 bits per heavy atom. The average Bonchev–Trinajstić information content (AvgIpc) is 3.68. The van der Waals surface area contributed by atoms with Gasteiger partial charge in [0, 0.05) is 12.7 Å². The number of pyridine rings is 1. The highest BCUT2D eigenvalue weighted by Gasteiger charge is 2.48. The molecule has 8 nitrogen and oxygen atoms in total. The Hall–Kier alpha value is -2.42. The lowest BCUT2D eigenvalue weighted by Crippen LogP contribution is -2.50. The highest BCUT2D eigenvalue weighted by atomic mass is 79.9. The monoisotopic (exact) mass is 475 g/mol. The molecule has 2 heterocycles. The zero-order chi connectivity index (χ0) is 21.3. The van der Waals surface area contributed by atoms with E-state index in [0.29, 0.717) is 40.2 Å². The molecular weight excluding hydrogens is 450 g/mol. The van der Waals surface area contributed by atoms with Crippen molar-refractivity contribution in [2.75, 3.05) is 12.4 Å². The molecule has 2 aliphatic rings. The van der Waals surface area contributed by atoms with Crippen molar-refractivity contribution in [3.8, 4) is 5.88 Å². The van der Waals surface area contributed by atoms with Crippen molar-refractivity contribution in [2.45, 2.75) is 45.2 Å². The Balaban J connectivity index is 1.57. The number of amides is 2. The summed E-state index contributed by atoms with van der Waals surface area (Å²) < 4.78 is 7.56. The fourth-order valence-electron chi connectivity index (χ4n) is 4.06. The molecule has 0 aliphatic heterocycles. The van der Waals surface area contributed by atoms with Gasteiger partial charge in [-0.2, -0.15) is 10.1 Å². The third kappa shape index (κ3) is 4.50. The number of methoxy groups -OCH3 is 1. The number of halogens is 1. The number of hydrogen-bond donors (Lipinski definition) is 2. The van der Waals surface area contributed by atoms with Crippen molar-refractivity contribution in [3.63, 3.8) is 0 Å². The minimum atomic E-state index is -0.617. The maximum absolute atomic E-state index is 13.3. The lowest BCUT2D eigenvalue weighted by atomic mass is 9.88. The van der Waals surface area contributed by atoms with E-state index in [0.717, 1.165) is 25.7 Å². The van der Waals surface area contributed by atoms with Gasteiger partial charge in [0.05, 0.1) is 11.6 Å². The normalized spacial score (nSPS) is 16.9. The molecular formula is C21H26BrN5O3. The first-order valence-electron chi connectivity index (χ1n) is 10.4. The Morgan fingerprint density at radius 1 is 1.23 bits per heavy atom. The molecule has 4 rings (SSSR count). The molecule has 30 heavy (non-hydrogen) atoms. The predicted molar refractivity (Wildman–Crippen MR) is 115 cm³/mol. The summed E-state index contributed by atoms with van der Waals surface area (Å²) in [5.41, 5.74) is 0.462. The third-order valence-corrected chi connectivity index (χ3v) is 6.40. The first-order valence-corrected chi connectivity index (χ1v) is 11.1. The summed E-state index contributed by atoms with van der Waals surface area (Å²) in [5.74, 6) is 1.37. The van der Waals surface area contributed by atoms with E-state index in [9.17, 15) is 9.59 Å². The van der Waals surface area contributed by atoms with Crippen molar-refractivity contribution < 1.29 is 14.3 Å². The van der Waals surface area contributed by atoms with Crippen LogP contribution in [0, 0.1) is 17.8 Å². The number of nitrogens with one attached hydrogen (secondary N) is 2. The van der Waals surface area contributed by atoms with E-state index in [1.807, 2.05) is 6.92 Å². The van der Waals surface area contributed by atoms with Gasteiger partial charge in [-0.15, -0.1) is 0 Å². The van der Waals surface area contributed by atoms with Crippen molar-refractivity contribution in [1.29, 1.82) is 0 Å². The molecule has 1 unspecified atom stereocenters. The number of hydrogen-bond acceptors (Lipinski definition) is 5. The second-order valence-electron chi connectivity index (χ2n) is 7.91. The summed E-state index contributed by atoms with van der Waals surface area (Å²) >= 11 is 3.37. The van der Waals surface area contributed by atoms with Gasteiger partial charge in [0.25, 0.3) is 5.91 Å². The third-order valence-electron chi connectivity index (χ3n) is 5.79. The molecule has 2 aromatic heterocycles. The van der Waals surface area contributed by atoms with E-state index < -0.39 is 6.04 Å². The Labute approximate surface area is 183 Å².